The minimum Gasteiger partial charge on any atom is -0.494 e. The van der Waals surface area contributed by atoms with Crippen LogP contribution in [0.5, 0.6) is 5.75 Å². The van der Waals surface area contributed by atoms with Gasteiger partial charge in [-0.25, -0.2) is 0 Å². The number of benzene rings is 2. The molecule has 0 radical (unpaired) electrons. The second-order valence-corrected chi connectivity index (χ2v) is 5.72. The summed E-state index contributed by atoms with van der Waals surface area (Å²) < 4.78 is 6.42. The topological polar surface area (TPSA) is 29.5 Å². The Labute approximate surface area is 131 Å². The molecule has 2 aromatic carbocycles. The first-order valence-corrected chi connectivity index (χ1v) is 7.43. The fourth-order valence-corrected chi connectivity index (χ4v) is 2.55. The van der Waals surface area contributed by atoms with Crippen molar-refractivity contribution in [2.24, 2.45) is 0 Å². The molecule has 0 unspecified atom stereocenters. The van der Waals surface area contributed by atoms with Gasteiger partial charge in [0.15, 0.2) is 0 Å². The smallest absolute Gasteiger partial charge is 0.119 e. The largest absolute Gasteiger partial charge is 0.494 e. The van der Waals surface area contributed by atoms with Gasteiger partial charge in [0.25, 0.3) is 0 Å². The minimum atomic E-state index is -0.724. The number of hydrogen-bond donors (Lipinski definition) is 1. The summed E-state index contributed by atoms with van der Waals surface area (Å²) in [4.78, 5) is 0. The Bertz CT molecular complexity index is 555. The van der Waals surface area contributed by atoms with Gasteiger partial charge in [-0.3, -0.25) is 0 Å². The van der Waals surface area contributed by atoms with E-state index < -0.39 is 6.10 Å². The van der Waals surface area contributed by atoms with Crippen LogP contribution < -0.4 is 4.74 Å². The van der Waals surface area contributed by atoms with Gasteiger partial charge in [0.05, 0.1) is 6.61 Å². The third-order valence-electron chi connectivity index (χ3n) is 2.76. The van der Waals surface area contributed by atoms with Gasteiger partial charge in [-0.2, -0.15) is 0 Å². The lowest BCUT2D eigenvalue weighted by molar-refractivity contribution is 0.220. The Balaban J connectivity index is 2.27. The van der Waals surface area contributed by atoms with Gasteiger partial charge in [-0.05, 0) is 65.4 Å². The van der Waals surface area contributed by atoms with Gasteiger partial charge in [-0.1, -0.05) is 23.7 Å². The first kappa shape index (κ1) is 14.6. The maximum absolute atomic E-state index is 10.4. The summed E-state index contributed by atoms with van der Waals surface area (Å²) in [6.45, 7) is 2.57. The number of ether oxygens (including phenoxy) is 1. The van der Waals surface area contributed by atoms with Gasteiger partial charge in [-0.15, -0.1) is 0 Å². The maximum atomic E-state index is 10.4. The zero-order valence-corrected chi connectivity index (χ0v) is 13.4. The lowest BCUT2D eigenvalue weighted by Crippen LogP contribution is -2.01. The van der Waals surface area contributed by atoms with E-state index >= 15 is 0 Å². The number of rotatable bonds is 4. The van der Waals surface area contributed by atoms with Gasteiger partial charge >= 0.3 is 0 Å². The number of hydrogen-bond acceptors (Lipinski definition) is 2. The molecule has 0 amide bonds. The monoisotopic (exact) mass is 388 g/mol. The van der Waals surface area contributed by atoms with E-state index in [0.29, 0.717) is 11.6 Å². The van der Waals surface area contributed by atoms with E-state index in [-0.39, 0.29) is 0 Å². The van der Waals surface area contributed by atoms with Crippen molar-refractivity contribution >= 4 is 34.2 Å². The normalized spacial score (nSPS) is 12.2. The fourth-order valence-electron chi connectivity index (χ4n) is 1.82. The van der Waals surface area contributed by atoms with E-state index in [9.17, 15) is 5.11 Å². The summed E-state index contributed by atoms with van der Waals surface area (Å²) in [5, 5.41) is 11.0. The molecule has 0 spiro atoms. The third kappa shape index (κ3) is 3.61. The average molecular weight is 389 g/mol. The number of aliphatic hydroxyl groups is 1. The first-order chi connectivity index (χ1) is 9.11. The van der Waals surface area contributed by atoms with Crippen molar-refractivity contribution in [2.45, 2.75) is 13.0 Å². The van der Waals surface area contributed by atoms with Gasteiger partial charge < -0.3 is 9.84 Å². The molecule has 0 aromatic heterocycles. The average Bonchev–Trinajstić information content (AvgIpc) is 2.42. The second-order valence-electron chi connectivity index (χ2n) is 4.07. The van der Waals surface area contributed by atoms with Crippen molar-refractivity contribution < 1.29 is 9.84 Å². The van der Waals surface area contributed by atoms with Crippen LogP contribution in [0.15, 0.2) is 42.5 Å². The zero-order chi connectivity index (χ0) is 13.8. The highest BCUT2D eigenvalue weighted by Gasteiger charge is 2.14. The molecule has 0 aliphatic rings. The highest BCUT2D eigenvalue weighted by molar-refractivity contribution is 14.1. The van der Waals surface area contributed by atoms with Crippen LogP contribution in [0.25, 0.3) is 0 Å². The van der Waals surface area contributed by atoms with Crippen molar-refractivity contribution in [2.75, 3.05) is 6.61 Å². The van der Waals surface area contributed by atoms with Crippen LogP contribution in [-0.4, -0.2) is 11.7 Å². The van der Waals surface area contributed by atoms with Crippen LogP contribution in [0.2, 0.25) is 5.02 Å². The predicted molar refractivity (Wildman–Crippen MR) is 85.8 cm³/mol. The van der Waals surface area contributed by atoms with E-state index in [0.717, 1.165) is 20.4 Å². The second kappa shape index (κ2) is 6.59. The number of aliphatic hydroxyl groups excluding tert-OH is 1. The summed E-state index contributed by atoms with van der Waals surface area (Å²) in [6, 6.07) is 13.0. The summed E-state index contributed by atoms with van der Waals surface area (Å²) in [5.41, 5.74) is 1.52. The van der Waals surface area contributed by atoms with Gasteiger partial charge in [0.1, 0.15) is 11.9 Å². The zero-order valence-electron chi connectivity index (χ0n) is 10.4. The van der Waals surface area contributed by atoms with Crippen molar-refractivity contribution in [3.8, 4) is 5.75 Å². The molecule has 0 saturated carbocycles. The van der Waals surface area contributed by atoms with Gasteiger partial charge in [0.2, 0.25) is 0 Å². The summed E-state index contributed by atoms with van der Waals surface area (Å²) in [7, 11) is 0. The van der Waals surface area contributed by atoms with Crippen LogP contribution >= 0.6 is 34.2 Å². The van der Waals surface area contributed by atoms with E-state index in [4.69, 9.17) is 16.3 Å². The molecule has 2 rings (SSSR count). The molecule has 100 valence electrons. The first-order valence-electron chi connectivity index (χ1n) is 5.97. The van der Waals surface area contributed by atoms with Crippen molar-refractivity contribution in [3.05, 3.63) is 62.2 Å². The Hall–Kier alpha value is -0.780. The summed E-state index contributed by atoms with van der Waals surface area (Å²) >= 11 is 8.34. The maximum Gasteiger partial charge on any atom is 0.119 e. The van der Waals surface area contributed by atoms with E-state index in [1.165, 1.54) is 0 Å². The molecule has 0 bridgehead atoms. The minimum absolute atomic E-state index is 0.571. The van der Waals surface area contributed by atoms with Crippen molar-refractivity contribution in [3.63, 3.8) is 0 Å². The predicted octanol–water partition coefficient (Wildman–Crippen LogP) is 4.43. The summed E-state index contributed by atoms with van der Waals surface area (Å²) in [5.74, 6) is 0.798. The van der Waals surface area contributed by atoms with Crippen molar-refractivity contribution in [1.82, 2.24) is 0 Å². The molecule has 0 heterocycles. The molecule has 4 heteroatoms. The molecule has 19 heavy (non-hydrogen) atoms. The van der Waals surface area contributed by atoms with Crippen LogP contribution in [-0.2, 0) is 0 Å². The SMILES string of the molecule is CCOc1ccc([C@H](O)c2cc(I)ccc2Cl)cc1. The lowest BCUT2D eigenvalue weighted by atomic mass is 10.0. The molecule has 1 atom stereocenters. The molecular formula is C15H14ClIO2. The Morgan fingerprint density at radius 1 is 1.21 bits per heavy atom. The molecule has 2 nitrogen and oxygen atoms in total. The molecule has 1 N–H and O–H groups in total. The third-order valence-corrected chi connectivity index (χ3v) is 3.77. The summed E-state index contributed by atoms with van der Waals surface area (Å²) in [6.07, 6.45) is -0.724. The van der Waals surface area contributed by atoms with Crippen LogP contribution in [0, 0.1) is 3.57 Å². The van der Waals surface area contributed by atoms with Crippen LogP contribution in [0.1, 0.15) is 24.2 Å². The fraction of sp³-hybridized carbons (Fsp3) is 0.200. The highest BCUT2D eigenvalue weighted by Crippen LogP contribution is 2.30. The molecule has 2 aromatic rings. The molecule has 0 saturated heterocycles. The quantitative estimate of drug-likeness (QED) is 0.786. The standard InChI is InChI=1S/C15H14ClIO2/c1-2-19-12-6-3-10(4-7-12)15(18)13-9-11(17)5-8-14(13)16/h3-9,15,18H,2H2,1H3/t15-/m0/s1. The number of halogens is 2. The Kier molecular flexibility index (Phi) is 5.07. The van der Waals surface area contributed by atoms with E-state index in [1.54, 1.807) is 6.07 Å². The Morgan fingerprint density at radius 3 is 2.53 bits per heavy atom. The molecule has 0 aliphatic heterocycles. The molecular weight excluding hydrogens is 375 g/mol. The van der Waals surface area contributed by atoms with Crippen molar-refractivity contribution in [1.29, 1.82) is 0 Å². The van der Waals surface area contributed by atoms with Crippen LogP contribution in [0.4, 0.5) is 0 Å². The highest BCUT2D eigenvalue weighted by atomic mass is 127. The molecule has 0 aliphatic carbocycles. The Morgan fingerprint density at radius 2 is 1.89 bits per heavy atom. The molecule has 0 fully saturated rings. The van der Waals surface area contributed by atoms with Crippen LogP contribution in [0.3, 0.4) is 0 Å². The lowest BCUT2D eigenvalue weighted by Gasteiger charge is -2.14. The van der Waals surface area contributed by atoms with E-state index in [2.05, 4.69) is 22.6 Å². The van der Waals surface area contributed by atoms with E-state index in [1.807, 2.05) is 43.3 Å². The van der Waals surface area contributed by atoms with Gasteiger partial charge in [0, 0.05) is 14.2 Å².